The summed E-state index contributed by atoms with van der Waals surface area (Å²) in [6.07, 6.45) is 3.75. The third kappa shape index (κ3) is 5.08. The van der Waals surface area contributed by atoms with E-state index in [2.05, 4.69) is 10.6 Å². The number of benzene rings is 1. The third-order valence-electron chi connectivity index (χ3n) is 5.41. The normalized spacial score (nSPS) is 13.9. The quantitative estimate of drug-likeness (QED) is 0.674. The molecule has 2 N–H and O–H groups in total. The van der Waals surface area contributed by atoms with Gasteiger partial charge in [0.2, 0.25) is 5.91 Å². The van der Waals surface area contributed by atoms with Crippen molar-refractivity contribution in [3.05, 3.63) is 50.9 Å². The van der Waals surface area contributed by atoms with Crippen molar-refractivity contribution in [2.45, 2.75) is 59.4 Å². The molecule has 2 amide bonds. The number of carbonyl (C=O) groups is 3. The molecule has 0 radical (unpaired) electrons. The molecule has 1 atom stereocenters. The zero-order chi connectivity index (χ0) is 21.8. The molecule has 160 valence electrons. The van der Waals surface area contributed by atoms with E-state index in [1.807, 2.05) is 39.0 Å². The van der Waals surface area contributed by atoms with Gasteiger partial charge in [0, 0.05) is 11.8 Å². The van der Waals surface area contributed by atoms with Crippen LogP contribution < -0.4 is 10.6 Å². The number of thiophene rings is 1. The maximum absolute atomic E-state index is 12.8. The maximum atomic E-state index is 12.8. The van der Waals surface area contributed by atoms with Crippen molar-refractivity contribution in [2.24, 2.45) is 0 Å². The van der Waals surface area contributed by atoms with E-state index in [1.165, 1.54) is 23.8 Å². The van der Waals surface area contributed by atoms with Crippen LogP contribution in [0.5, 0.6) is 0 Å². The second-order valence-electron chi connectivity index (χ2n) is 7.81. The van der Waals surface area contributed by atoms with Crippen molar-refractivity contribution in [1.29, 1.82) is 0 Å². The lowest BCUT2D eigenvalue weighted by atomic mass is 9.95. The number of rotatable bonds is 6. The molecule has 1 aliphatic carbocycles. The Morgan fingerprint density at radius 2 is 1.87 bits per heavy atom. The Bertz CT molecular complexity index is 980. The first-order valence-corrected chi connectivity index (χ1v) is 11.0. The zero-order valence-electron chi connectivity index (χ0n) is 17.9. The van der Waals surface area contributed by atoms with Gasteiger partial charge in [-0.25, -0.2) is 4.79 Å². The highest BCUT2D eigenvalue weighted by atomic mass is 32.1. The summed E-state index contributed by atoms with van der Waals surface area (Å²) in [6, 6.07) is 5.86. The molecule has 0 saturated heterocycles. The SMILES string of the molecule is CC(=O)Nc1sc2c(c1C(=O)OCC(=O)NC(C)c1ccc(C)c(C)c1)CCCC2. The van der Waals surface area contributed by atoms with Crippen LogP contribution in [0, 0.1) is 13.8 Å². The van der Waals surface area contributed by atoms with Crippen molar-refractivity contribution in [1.82, 2.24) is 5.32 Å². The lowest BCUT2D eigenvalue weighted by molar-refractivity contribution is -0.124. The van der Waals surface area contributed by atoms with E-state index in [9.17, 15) is 14.4 Å². The monoisotopic (exact) mass is 428 g/mol. The molecule has 0 aliphatic heterocycles. The number of hydrogen-bond acceptors (Lipinski definition) is 5. The Morgan fingerprint density at radius 3 is 2.57 bits per heavy atom. The highest BCUT2D eigenvalue weighted by Crippen LogP contribution is 2.38. The largest absolute Gasteiger partial charge is 0.452 e. The molecule has 0 bridgehead atoms. The van der Waals surface area contributed by atoms with E-state index in [0.717, 1.165) is 47.3 Å². The summed E-state index contributed by atoms with van der Waals surface area (Å²) in [7, 11) is 0. The molecule has 1 heterocycles. The predicted molar refractivity (Wildman–Crippen MR) is 118 cm³/mol. The first kappa shape index (κ1) is 22.0. The summed E-state index contributed by atoms with van der Waals surface area (Å²) in [5.74, 6) is -1.16. The Hall–Kier alpha value is -2.67. The molecule has 6 nitrogen and oxygen atoms in total. The molecule has 7 heteroatoms. The van der Waals surface area contributed by atoms with Gasteiger partial charge in [0.25, 0.3) is 5.91 Å². The van der Waals surface area contributed by atoms with Gasteiger partial charge in [-0.05, 0) is 68.7 Å². The fraction of sp³-hybridized carbons (Fsp3) is 0.435. The van der Waals surface area contributed by atoms with Crippen molar-refractivity contribution < 1.29 is 19.1 Å². The van der Waals surface area contributed by atoms with Crippen LogP contribution in [0.2, 0.25) is 0 Å². The Kier molecular flexibility index (Phi) is 6.92. The average Bonchev–Trinajstić information content (AvgIpc) is 3.05. The number of ether oxygens (including phenoxy) is 1. The summed E-state index contributed by atoms with van der Waals surface area (Å²) in [5.41, 5.74) is 4.70. The summed E-state index contributed by atoms with van der Waals surface area (Å²) < 4.78 is 5.32. The molecular weight excluding hydrogens is 400 g/mol. The second-order valence-corrected chi connectivity index (χ2v) is 8.91. The molecule has 3 rings (SSSR count). The minimum Gasteiger partial charge on any atom is -0.452 e. The minimum atomic E-state index is -0.563. The van der Waals surface area contributed by atoms with Gasteiger partial charge in [-0.3, -0.25) is 9.59 Å². The molecule has 2 aromatic rings. The van der Waals surface area contributed by atoms with Crippen LogP contribution in [0.25, 0.3) is 0 Å². The van der Waals surface area contributed by atoms with Gasteiger partial charge >= 0.3 is 5.97 Å². The van der Waals surface area contributed by atoms with E-state index < -0.39 is 5.97 Å². The van der Waals surface area contributed by atoms with E-state index >= 15 is 0 Å². The number of nitrogens with one attached hydrogen (secondary N) is 2. The molecule has 0 spiro atoms. The number of aryl methyl sites for hydroxylation is 3. The zero-order valence-corrected chi connectivity index (χ0v) is 18.7. The van der Waals surface area contributed by atoms with Crippen LogP contribution in [0.15, 0.2) is 18.2 Å². The molecule has 0 fully saturated rings. The maximum Gasteiger partial charge on any atom is 0.341 e. The van der Waals surface area contributed by atoms with Gasteiger partial charge in [0.1, 0.15) is 5.00 Å². The van der Waals surface area contributed by atoms with Gasteiger partial charge in [-0.1, -0.05) is 18.2 Å². The topological polar surface area (TPSA) is 84.5 Å². The molecule has 1 unspecified atom stereocenters. The number of carbonyl (C=O) groups excluding carboxylic acids is 3. The van der Waals surface area contributed by atoms with Gasteiger partial charge in [0.15, 0.2) is 6.61 Å². The first-order valence-electron chi connectivity index (χ1n) is 10.2. The Labute approximate surface area is 181 Å². The van der Waals surface area contributed by atoms with Gasteiger partial charge < -0.3 is 15.4 Å². The molecule has 1 aromatic heterocycles. The van der Waals surface area contributed by atoms with Crippen LogP contribution in [-0.2, 0) is 27.2 Å². The average molecular weight is 429 g/mol. The van der Waals surface area contributed by atoms with Gasteiger partial charge in [0.05, 0.1) is 11.6 Å². The number of amides is 2. The van der Waals surface area contributed by atoms with Gasteiger partial charge in [-0.2, -0.15) is 0 Å². The van der Waals surface area contributed by atoms with Crippen molar-refractivity contribution >= 4 is 34.1 Å². The molecule has 1 aromatic carbocycles. The smallest absolute Gasteiger partial charge is 0.341 e. The summed E-state index contributed by atoms with van der Waals surface area (Å²) in [6.45, 7) is 7.02. The standard InChI is InChI=1S/C23H28N2O4S/c1-13-9-10-17(11-14(13)2)15(3)24-20(27)12-29-23(28)21-18-7-5-6-8-19(18)30-22(21)25-16(4)26/h9-11,15H,5-8,12H2,1-4H3,(H,24,27)(H,25,26). The molecule has 0 saturated carbocycles. The third-order valence-corrected chi connectivity index (χ3v) is 6.62. The summed E-state index contributed by atoms with van der Waals surface area (Å²) in [4.78, 5) is 37.8. The number of hydrogen-bond donors (Lipinski definition) is 2. The Balaban J connectivity index is 1.65. The first-order chi connectivity index (χ1) is 14.3. The van der Waals surface area contributed by atoms with E-state index in [0.29, 0.717) is 10.6 Å². The summed E-state index contributed by atoms with van der Waals surface area (Å²) >= 11 is 1.43. The number of esters is 1. The molecule has 1 aliphatic rings. The lowest BCUT2D eigenvalue weighted by Gasteiger charge is -2.16. The van der Waals surface area contributed by atoms with Crippen LogP contribution in [0.1, 0.15) is 70.2 Å². The van der Waals surface area contributed by atoms with Gasteiger partial charge in [-0.15, -0.1) is 11.3 Å². The highest BCUT2D eigenvalue weighted by Gasteiger charge is 2.27. The summed E-state index contributed by atoms with van der Waals surface area (Å²) in [5, 5.41) is 6.13. The van der Waals surface area contributed by atoms with Crippen LogP contribution in [-0.4, -0.2) is 24.4 Å². The molecular formula is C23H28N2O4S. The lowest BCUT2D eigenvalue weighted by Crippen LogP contribution is -2.31. The van der Waals surface area contributed by atoms with Crippen molar-refractivity contribution in [3.8, 4) is 0 Å². The highest BCUT2D eigenvalue weighted by molar-refractivity contribution is 7.17. The molecule has 30 heavy (non-hydrogen) atoms. The minimum absolute atomic E-state index is 0.195. The van der Waals surface area contributed by atoms with E-state index in [-0.39, 0.29) is 24.5 Å². The van der Waals surface area contributed by atoms with Crippen molar-refractivity contribution in [3.63, 3.8) is 0 Å². The fourth-order valence-corrected chi connectivity index (χ4v) is 4.96. The van der Waals surface area contributed by atoms with Crippen molar-refractivity contribution in [2.75, 3.05) is 11.9 Å². The Morgan fingerprint density at radius 1 is 1.13 bits per heavy atom. The number of fused-ring (bicyclic) bond motifs is 1. The van der Waals surface area contributed by atoms with Crippen LogP contribution in [0.3, 0.4) is 0 Å². The van der Waals surface area contributed by atoms with Crippen LogP contribution in [0.4, 0.5) is 5.00 Å². The van der Waals surface area contributed by atoms with E-state index in [4.69, 9.17) is 4.74 Å². The van der Waals surface area contributed by atoms with Crippen LogP contribution >= 0.6 is 11.3 Å². The second kappa shape index (κ2) is 9.43. The van der Waals surface area contributed by atoms with E-state index in [1.54, 1.807) is 0 Å². The fourth-order valence-electron chi connectivity index (χ4n) is 3.63. The predicted octanol–water partition coefficient (Wildman–Crippen LogP) is 4.24. The number of anilines is 1.